The monoisotopic (exact) mass is 423 g/mol. The van der Waals surface area contributed by atoms with Crippen LogP contribution < -0.4 is 4.74 Å². The van der Waals surface area contributed by atoms with Gasteiger partial charge in [0.15, 0.2) is 0 Å². The number of tetrazole rings is 1. The van der Waals surface area contributed by atoms with Crippen molar-refractivity contribution in [1.29, 1.82) is 0 Å². The molecule has 2 aromatic heterocycles. The number of hydrogen-bond acceptors (Lipinski definition) is 8. The van der Waals surface area contributed by atoms with Gasteiger partial charge in [0.05, 0.1) is 18.3 Å². The molecule has 0 saturated carbocycles. The molecule has 1 aliphatic heterocycles. The average Bonchev–Trinajstić information content (AvgIpc) is 3.42. The van der Waals surface area contributed by atoms with E-state index in [1.165, 1.54) is 0 Å². The highest BCUT2D eigenvalue weighted by molar-refractivity contribution is 7.98. The summed E-state index contributed by atoms with van der Waals surface area (Å²) in [5.41, 5.74) is 0.992. The largest absolute Gasteiger partial charge is 0.486 e. The van der Waals surface area contributed by atoms with E-state index in [1.54, 1.807) is 23.1 Å². The molecule has 1 aromatic carbocycles. The lowest BCUT2D eigenvalue weighted by molar-refractivity contribution is 0.0912. The van der Waals surface area contributed by atoms with Gasteiger partial charge in [-0.1, -0.05) is 23.4 Å². The molecule has 0 aliphatic carbocycles. The summed E-state index contributed by atoms with van der Waals surface area (Å²) in [5.74, 6) is 1.49. The standard InChI is InChI=1S/C17H18ClN5O2S2/c18-12-3-5-14(6-4-12)25-9-16-19-13(10-26-16)11-27-17-20-21-22-23(17)8-15-2-1-7-24-15/h3-6,10,15H,1-2,7-9,11H2/t15-/m1/s1. The molecule has 7 nitrogen and oxygen atoms in total. The number of rotatable bonds is 8. The zero-order chi connectivity index (χ0) is 18.5. The van der Waals surface area contributed by atoms with Gasteiger partial charge in [-0.15, -0.1) is 16.4 Å². The molecule has 0 unspecified atom stereocenters. The van der Waals surface area contributed by atoms with Gasteiger partial charge in [0.2, 0.25) is 5.16 Å². The first-order valence-corrected chi connectivity index (χ1v) is 10.8. The minimum Gasteiger partial charge on any atom is -0.486 e. The normalized spacial score (nSPS) is 16.7. The quantitative estimate of drug-likeness (QED) is 0.509. The van der Waals surface area contributed by atoms with E-state index in [9.17, 15) is 0 Å². The van der Waals surface area contributed by atoms with E-state index < -0.39 is 0 Å². The molecule has 0 bridgehead atoms. The summed E-state index contributed by atoms with van der Waals surface area (Å²) in [6.07, 6.45) is 2.38. The number of benzene rings is 1. The number of aromatic nitrogens is 5. The van der Waals surface area contributed by atoms with E-state index in [0.29, 0.717) is 23.9 Å². The second-order valence-electron chi connectivity index (χ2n) is 6.04. The van der Waals surface area contributed by atoms with Gasteiger partial charge >= 0.3 is 0 Å². The topological polar surface area (TPSA) is 75.0 Å². The number of nitrogens with zero attached hydrogens (tertiary/aromatic N) is 5. The third-order valence-electron chi connectivity index (χ3n) is 4.02. The lowest BCUT2D eigenvalue weighted by atomic mass is 10.2. The number of thiazole rings is 1. The first-order chi connectivity index (χ1) is 13.3. The van der Waals surface area contributed by atoms with Gasteiger partial charge in [0.1, 0.15) is 17.4 Å². The molecule has 142 valence electrons. The molecule has 0 radical (unpaired) electrons. The van der Waals surface area contributed by atoms with Crippen molar-refractivity contribution in [2.75, 3.05) is 6.61 Å². The first-order valence-electron chi connectivity index (χ1n) is 8.58. The Morgan fingerprint density at radius 1 is 1.33 bits per heavy atom. The molecule has 0 N–H and O–H groups in total. The molecule has 0 amide bonds. The van der Waals surface area contributed by atoms with Crippen molar-refractivity contribution >= 4 is 34.7 Å². The van der Waals surface area contributed by atoms with Crippen LogP contribution in [0, 0.1) is 0 Å². The van der Waals surface area contributed by atoms with Crippen molar-refractivity contribution in [1.82, 2.24) is 25.2 Å². The molecule has 4 rings (SSSR count). The first kappa shape index (κ1) is 18.7. The van der Waals surface area contributed by atoms with Crippen LogP contribution in [-0.4, -0.2) is 37.9 Å². The predicted octanol–water partition coefficient (Wildman–Crippen LogP) is 3.83. The van der Waals surface area contributed by atoms with Gasteiger partial charge in [0, 0.05) is 22.8 Å². The van der Waals surface area contributed by atoms with Crippen LogP contribution in [0.5, 0.6) is 5.75 Å². The highest BCUT2D eigenvalue weighted by Gasteiger charge is 2.19. The maximum Gasteiger partial charge on any atom is 0.209 e. The minimum absolute atomic E-state index is 0.212. The van der Waals surface area contributed by atoms with Crippen LogP contribution >= 0.6 is 34.7 Å². The fourth-order valence-corrected chi connectivity index (χ4v) is 4.41. The zero-order valence-electron chi connectivity index (χ0n) is 14.5. The molecule has 3 heterocycles. The van der Waals surface area contributed by atoms with Crippen LogP contribution in [0.25, 0.3) is 0 Å². The van der Waals surface area contributed by atoms with Gasteiger partial charge in [-0.25, -0.2) is 9.67 Å². The van der Waals surface area contributed by atoms with E-state index in [1.807, 2.05) is 34.3 Å². The Morgan fingerprint density at radius 3 is 3.04 bits per heavy atom. The van der Waals surface area contributed by atoms with Crippen molar-refractivity contribution in [3.05, 3.63) is 45.4 Å². The summed E-state index contributed by atoms with van der Waals surface area (Å²) in [6, 6.07) is 7.31. The summed E-state index contributed by atoms with van der Waals surface area (Å²) in [4.78, 5) is 4.62. The molecule has 1 atom stereocenters. The van der Waals surface area contributed by atoms with E-state index in [4.69, 9.17) is 21.1 Å². The van der Waals surface area contributed by atoms with Crippen LogP contribution in [0.2, 0.25) is 5.02 Å². The Balaban J connectivity index is 1.28. The van der Waals surface area contributed by atoms with Crippen molar-refractivity contribution in [2.45, 2.75) is 43.0 Å². The Bertz CT molecular complexity index is 864. The number of hydrogen-bond donors (Lipinski definition) is 0. The molecule has 1 aliphatic rings. The van der Waals surface area contributed by atoms with Crippen molar-refractivity contribution < 1.29 is 9.47 Å². The molecule has 10 heteroatoms. The lowest BCUT2D eigenvalue weighted by Gasteiger charge is -2.09. The van der Waals surface area contributed by atoms with Gasteiger partial charge in [-0.05, 0) is 47.5 Å². The number of halogens is 1. The van der Waals surface area contributed by atoms with E-state index >= 15 is 0 Å². The van der Waals surface area contributed by atoms with Gasteiger partial charge in [0.25, 0.3) is 0 Å². The summed E-state index contributed by atoms with van der Waals surface area (Å²) < 4.78 is 13.2. The van der Waals surface area contributed by atoms with Crippen LogP contribution in [0.15, 0.2) is 34.8 Å². The van der Waals surface area contributed by atoms with Crippen LogP contribution in [0.1, 0.15) is 23.5 Å². The maximum absolute atomic E-state index is 5.88. The Hall–Kier alpha value is -1.68. The number of thioether (sulfide) groups is 1. The van der Waals surface area contributed by atoms with Crippen LogP contribution in [0.3, 0.4) is 0 Å². The Kier molecular flexibility index (Phi) is 6.23. The second kappa shape index (κ2) is 9.01. The zero-order valence-corrected chi connectivity index (χ0v) is 16.8. The fraction of sp³-hybridized carbons (Fsp3) is 0.412. The Labute approximate surface area is 170 Å². The van der Waals surface area contributed by atoms with E-state index in [-0.39, 0.29) is 6.10 Å². The van der Waals surface area contributed by atoms with Crippen molar-refractivity contribution in [3.63, 3.8) is 0 Å². The summed E-state index contributed by atoms with van der Waals surface area (Å²) in [6.45, 7) is 1.97. The summed E-state index contributed by atoms with van der Waals surface area (Å²) in [5, 5.41) is 16.4. The van der Waals surface area contributed by atoms with Gasteiger partial charge in [-0.2, -0.15) is 0 Å². The van der Waals surface area contributed by atoms with E-state index in [0.717, 1.165) is 41.1 Å². The smallest absolute Gasteiger partial charge is 0.209 e. The van der Waals surface area contributed by atoms with Crippen molar-refractivity contribution in [2.24, 2.45) is 0 Å². The molecule has 1 fully saturated rings. The Morgan fingerprint density at radius 2 is 2.22 bits per heavy atom. The summed E-state index contributed by atoms with van der Waals surface area (Å²) >= 11 is 9.04. The molecule has 1 saturated heterocycles. The average molecular weight is 424 g/mol. The second-order valence-corrected chi connectivity index (χ2v) is 8.36. The molecular weight excluding hydrogens is 406 g/mol. The third-order valence-corrected chi connectivity index (χ3v) is 6.14. The highest BCUT2D eigenvalue weighted by Crippen LogP contribution is 2.24. The number of ether oxygens (including phenoxy) is 2. The van der Waals surface area contributed by atoms with E-state index in [2.05, 4.69) is 20.5 Å². The highest BCUT2D eigenvalue weighted by atomic mass is 35.5. The fourth-order valence-electron chi connectivity index (χ4n) is 2.69. The van der Waals surface area contributed by atoms with Crippen molar-refractivity contribution in [3.8, 4) is 5.75 Å². The van der Waals surface area contributed by atoms with Gasteiger partial charge < -0.3 is 9.47 Å². The van der Waals surface area contributed by atoms with Gasteiger partial charge in [-0.3, -0.25) is 0 Å². The molecule has 3 aromatic rings. The minimum atomic E-state index is 0.212. The SMILES string of the molecule is Clc1ccc(OCc2nc(CSc3nnnn3C[C@H]3CCCO3)cs2)cc1. The van der Waals surface area contributed by atoms with Crippen LogP contribution in [-0.2, 0) is 23.6 Å². The molecule has 0 spiro atoms. The molecule has 27 heavy (non-hydrogen) atoms. The third kappa shape index (κ3) is 5.19. The maximum atomic E-state index is 5.88. The van der Waals surface area contributed by atoms with Crippen LogP contribution in [0.4, 0.5) is 0 Å². The predicted molar refractivity (Wildman–Crippen MR) is 104 cm³/mol. The lowest BCUT2D eigenvalue weighted by Crippen LogP contribution is -2.16. The molecular formula is C17H18ClN5O2S2. The summed E-state index contributed by atoms with van der Waals surface area (Å²) in [7, 11) is 0.